The summed E-state index contributed by atoms with van der Waals surface area (Å²) >= 11 is 0. The second-order valence-corrected chi connectivity index (χ2v) is 7.63. The number of carbonyl (C=O) groups excluding carboxylic acids is 1. The van der Waals surface area contributed by atoms with Gasteiger partial charge in [0.2, 0.25) is 0 Å². The summed E-state index contributed by atoms with van der Waals surface area (Å²) in [5.41, 5.74) is 3.62. The predicted octanol–water partition coefficient (Wildman–Crippen LogP) is 5.87. The summed E-state index contributed by atoms with van der Waals surface area (Å²) in [6, 6.07) is 28.9. The number of benzene rings is 3. The third kappa shape index (κ3) is 4.80. The zero-order valence-electron chi connectivity index (χ0n) is 18.2. The molecule has 3 aromatic rings. The molecule has 1 unspecified atom stereocenters. The zero-order valence-corrected chi connectivity index (χ0v) is 18.2. The molecule has 156 valence electrons. The molecule has 0 heterocycles. The van der Waals surface area contributed by atoms with Gasteiger partial charge >= 0.3 is 5.97 Å². The number of ether oxygens (including phenoxy) is 1. The van der Waals surface area contributed by atoms with E-state index >= 15 is 0 Å². The average Bonchev–Trinajstić information content (AvgIpc) is 2.77. The van der Waals surface area contributed by atoms with Gasteiger partial charge in [-0.2, -0.15) is 0 Å². The summed E-state index contributed by atoms with van der Waals surface area (Å²) < 4.78 is 5.66. The smallest absolute Gasteiger partial charge is 0.331 e. The van der Waals surface area contributed by atoms with Gasteiger partial charge in [-0.25, -0.2) is 4.79 Å². The molecular formula is C27H31NO2. The molecule has 1 atom stereocenters. The Morgan fingerprint density at radius 1 is 0.800 bits per heavy atom. The lowest BCUT2D eigenvalue weighted by molar-refractivity contribution is -0.161. The first-order valence-corrected chi connectivity index (χ1v) is 10.7. The SMILES string of the molecule is CCOC(=O)C(CC)(c1ccc(C)cc1)N(Cc1ccccc1)Cc1ccccc1. The van der Waals surface area contributed by atoms with Crippen molar-refractivity contribution in [3.63, 3.8) is 0 Å². The number of hydrogen-bond acceptors (Lipinski definition) is 3. The van der Waals surface area contributed by atoms with E-state index in [0.717, 1.165) is 5.56 Å². The minimum Gasteiger partial charge on any atom is -0.464 e. The molecular weight excluding hydrogens is 370 g/mol. The normalized spacial score (nSPS) is 13.1. The Bertz CT molecular complexity index is 881. The molecule has 0 bridgehead atoms. The lowest BCUT2D eigenvalue weighted by atomic mass is 9.84. The van der Waals surface area contributed by atoms with Crippen molar-refractivity contribution in [1.82, 2.24) is 4.90 Å². The molecule has 3 aromatic carbocycles. The highest BCUT2D eigenvalue weighted by Gasteiger charge is 2.45. The van der Waals surface area contributed by atoms with Crippen LogP contribution in [0.1, 0.15) is 42.5 Å². The van der Waals surface area contributed by atoms with Crippen LogP contribution in [-0.2, 0) is 28.2 Å². The lowest BCUT2D eigenvalue weighted by Gasteiger charge is -2.42. The van der Waals surface area contributed by atoms with E-state index in [2.05, 4.69) is 67.3 Å². The van der Waals surface area contributed by atoms with Crippen LogP contribution in [0.4, 0.5) is 0 Å². The summed E-state index contributed by atoms with van der Waals surface area (Å²) in [5, 5.41) is 0. The van der Waals surface area contributed by atoms with Gasteiger partial charge in [0.05, 0.1) is 6.61 Å². The fraction of sp³-hybridized carbons (Fsp3) is 0.296. The van der Waals surface area contributed by atoms with E-state index in [4.69, 9.17) is 4.74 Å². The zero-order chi connectivity index (χ0) is 21.4. The number of carbonyl (C=O) groups is 1. The standard InChI is InChI=1S/C27H31NO2/c1-4-27(26(29)30-5-2,25-18-16-22(3)17-19-25)28(20-23-12-8-6-9-13-23)21-24-14-10-7-11-15-24/h6-19H,4-5,20-21H2,1-3H3. The first-order chi connectivity index (χ1) is 14.6. The molecule has 0 saturated carbocycles. The Hall–Kier alpha value is -2.91. The largest absolute Gasteiger partial charge is 0.464 e. The molecule has 3 nitrogen and oxygen atoms in total. The van der Waals surface area contributed by atoms with Gasteiger partial charge in [0.15, 0.2) is 0 Å². The molecule has 0 aromatic heterocycles. The molecule has 0 N–H and O–H groups in total. The summed E-state index contributed by atoms with van der Waals surface area (Å²) in [5.74, 6) is -0.191. The fourth-order valence-corrected chi connectivity index (χ4v) is 4.01. The number of nitrogens with zero attached hydrogens (tertiary/aromatic N) is 1. The Labute approximate surface area is 180 Å². The van der Waals surface area contributed by atoms with E-state index in [1.165, 1.54) is 16.7 Å². The van der Waals surface area contributed by atoms with Crippen molar-refractivity contribution in [2.75, 3.05) is 6.61 Å². The Balaban J connectivity index is 2.13. The highest BCUT2D eigenvalue weighted by molar-refractivity contribution is 5.82. The third-order valence-corrected chi connectivity index (χ3v) is 5.63. The van der Waals surface area contributed by atoms with E-state index in [0.29, 0.717) is 26.1 Å². The number of esters is 1. The van der Waals surface area contributed by atoms with Crippen molar-refractivity contribution in [3.8, 4) is 0 Å². The quantitative estimate of drug-likeness (QED) is 0.420. The van der Waals surface area contributed by atoms with Gasteiger partial charge in [0, 0.05) is 13.1 Å². The third-order valence-electron chi connectivity index (χ3n) is 5.63. The van der Waals surface area contributed by atoms with Crippen LogP contribution in [0.15, 0.2) is 84.9 Å². The van der Waals surface area contributed by atoms with Crippen LogP contribution >= 0.6 is 0 Å². The van der Waals surface area contributed by atoms with E-state index < -0.39 is 5.54 Å². The Kier molecular flexibility index (Phi) is 7.42. The van der Waals surface area contributed by atoms with Gasteiger partial charge in [0.1, 0.15) is 5.54 Å². The maximum atomic E-state index is 13.5. The minimum atomic E-state index is -0.866. The number of rotatable bonds is 9. The molecule has 3 heteroatoms. The van der Waals surface area contributed by atoms with Crippen LogP contribution in [0.2, 0.25) is 0 Å². The first kappa shape index (κ1) is 21.8. The molecule has 0 aliphatic heterocycles. The predicted molar refractivity (Wildman–Crippen MR) is 122 cm³/mol. The van der Waals surface area contributed by atoms with Crippen molar-refractivity contribution < 1.29 is 9.53 Å². The van der Waals surface area contributed by atoms with Crippen molar-refractivity contribution in [2.45, 2.75) is 45.8 Å². The van der Waals surface area contributed by atoms with Crippen LogP contribution in [0.3, 0.4) is 0 Å². The molecule has 3 rings (SSSR count). The second-order valence-electron chi connectivity index (χ2n) is 7.63. The van der Waals surface area contributed by atoms with Gasteiger partial charge in [-0.05, 0) is 37.0 Å². The van der Waals surface area contributed by atoms with Crippen LogP contribution < -0.4 is 0 Å². The van der Waals surface area contributed by atoms with E-state index in [9.17, 15) is 4.79 Å². The molecule has 0 fully saturated rings. The first-order valence-electron chi connectivity index (χ1n) is 10.7. The second kappa shape index (κ2) is 10.2. The minimum absolute atomic E-state index is 0.191. The maximum Gasteiger partial charge on any atom is 0.331 e. The van der Waals surface area contributed by atoms with Crippen molar-refractivity contribution in [3.05, 3.63) is 107 Å². The summed E-state index contributed by atoms with van der Waals surface area (Å²) in [4.78, 5) is 15.8. The van der Waals surface area contributed by atoms with Crippen LogP contribution in [-0.4, -0.2) is 17.5 Å². The van der Waals surface area contributed by atoms with Gasteiger partial charge in [-0.15, -0.1) is 0 Å². The van der Waals surface area contributed by atoms with Crippen molar-refractivity contribution in [2.24, 2.45) is 0 Å². The number of hydrogen-bond donors (Lipinski definition) is 0. The van der Waals surface area contributed by atoms with Gasteiger partial charge in [0.25, 0.3) is 0 Å². The molecule has 0 aliphatic carbocycles. The summed E-state index contributed by atoms with van der Waals surface area (Å²) in [6.07, 6.45) is 0.620. The van der Waals surface area contributed by atoms with Crippen molar-refractivity contribution in [1.29, 1.82) is 0 Å². The highest BCUT2D eigenvalue weighted by atomic mass is 16.5. The molecule has 0 amide bonds. The van der Waals surface area contributed by atoms with Crippen LogP contribution in [0.25, 0.3) is 0 Å². The van der Waals surface area contributed by atoms with Gasteiger partial charge in [-0.3, -0.25) is 4.90 Å². The van der Waals surface area contributed by atoms with Crippen molar-refractivity contribution >= 4 is 5.97 Å². The van der Waals surface area contributed by atoms with Crippen LogP contribution in [0, 0.1) is 6.92 Å². The number of aryl methyl sites for hydroxylation is 1. The fourth-order valence-electron chi connectivity index (χ4n) is 4.01. The Morgan fingerprint density at radius 3 is 1.73 bits per heavy atom. The lowest BCUT2D eigenvalue weighted by Crippen LogP contribution is -2.51. The highest BCUT2D eigenvalue weighted by Crippen LogP contribution is 2.36. The Morgan fingerprint density at radius 2 is 1.30 bits per heavy atom. The molecule has 0 radical (unpaired) electrons. The monoisotopic (exact) mass is 401 g/mol. The summed E-state index contributed by atoms with van der Waals surface area (Å²) in [6.45, 7) is 7.66. The average molecular weight is 402 g/mol. The molecule has 0 spiro atoms. The maximum absolute atomic E-state index is 13.5. The van der Waals surface area contributed by atoms with E-state index in [1.807, 2.05) is 43.3 Å². The van der Waals surface area contributed by atoms with Crippen LogP contribution in [0.5, 0.6) is 0 Å². The van der Waals surface area contributed by atoms with E-state index in [-0.39, 0.29) is 5.97 Å². The molecule has 0 saturated heterocycles. The van der Waals surface area contributed by atoms with Gasteiger partial charge in [-0.1, -0.05) is 97.4 Å². The molecule has 0 aliphatic rings. The summed E-state index contributed by atoms with van der Waals surface area (Å²) in [7, 11) is 0. The molecule has 30 heavy (non-hydrogen) atoms. The van der Waals surface area contributed by atoms with E-state index in [1.54, 1.807) is 0 Å². The van der Waals surface area contributed by atoms with Gasteiger partial charge < -0.3 is 4.74 Å². The topological polar surface area (TPSA) is 29.5 Å².